The zero-order valence-corrected chi connectivity index (χ0v) is 12.4. The molecule has 0 radical (unpaired) electrons. The fraction of sp³-hybridized carbons (Fsp3) is 0.214. The molecule has 0 unspecified atom stereocenters. The summed E-state index contributed by atoms with van der Waals surface area (Å²) in [6.45, 7) is 5.76. The van der Waals surface area contributed by atoms with Crippen LogP contribution in [-0.4, -0.2) is 21.2 Å². The van der Waals surface area contributed by atoms with E-state index in [-0.39, 0.29) is 5.84 Å². The molecule has 0 bridgehead atoms. The first-order valence-electron chi connectivity index (χ1n) is 6.09. The van der Waals surface area contributed by atoms with Crippen LogP contribution in [0.15, 0.2) is 39.3 Å². The SMILES string of the molecule is Cc1cccc(Sc2nnc(C)c(C)c2C(N)=NO)c1. The quantitative estimate of drug-likeness (QED) is 0.392. The fourth-order valence-corrected chi connectivity index (χ4v) is 2.86. The molecule has 0 saturated carbocycles. The van der Waals surface area contributed by atoms with E-state index < -0.39 is 0 Å². The Labute approximate surface area is 121 Å². The second-order valence-corrected chi connectivity index (χ2v) is 5.56. The van der Waals surface area contributed by atoms with Crippen molar-refractivity contribution in [2.45, 2.75) is 30.7 Å². The molecule has 0 amide bonds. The van der Waals surface area contributed by atoms with E-state index in [1.807, 2.05) is 39.0 Å². The van der Waals surface area contributed by atoms with Crippen LogP contribution >= 0.6 is 11.8 Å². The highest BCUT2D eigenvalue weighted by Crippen LogP contribution is 2.30. The molecule has 2 rings (SSSR count). The molecule has 1 aromatic carbocycles. The summed E-state index contributed by atoms with van der Waals surface area (Å²) in [5.74, 6) is 0.0515. The number of amidine groups is 1. The normalized spacial score (nSPS) is 11.7. The Morgan fingerprint density at radius 1 is 1.25 bits per heavy atom. The van der Waals surface area contributed by atoms with Crippen molar-refractivity contribution in [1.29, 1.82) is 0 Å². The third kappa shape index (κ3) is 2.91. The van der Waals surface area contributed by atoms with Gasteiger partial charge in [-0.15, -0.1) is 5.10 Å². The Balaban J connectivity index is 2.49. The summed E-state index contributed by atoms with van der Waals surface area (Å²) < 4.78 is 0. The summed E-state index contributed by atoms with van der Waals surface area (Å²) in [6.07, 6.45) is 0. The van der Waals surface area contributed by atoms with E-state index in [2.05, 4.69) is 21.4 Å². The van der Waals surface area contributed by atoms with Gasteiger partial charge in [0.25, 0.3) is 0 Å². The van der Waals surface area contributed by atoms with Gasteiger partial charge in [-0.25, -0.2) is 0 Å². The largest absolute Gasteiger partial charge is 0.409 e. The van der Waals surface area contributed by atoms with Crippen LogP contribution in [0.3, 0.4) is 0 Å². The molecular formula is C14H16N4OS. The number of aryl methyl sites for hydroxylation is 2. The van der Waals surface area contributed by atoms with Crippen LogP contribution in [0.2, 0.25) is 0 Å². The molecule has 0 aliphatic carbocycles. The van der Waals surface area contributed by atoms with Crippen molar-refractivity contribution in [3.05, 3.63) is 46.6 Å². The Morgan fingerprint density at radius 2 is 2.00 bits per heavy atom. The molecule has 1 heterocycles. The van der Waals surface area contributed by atoms with Crippen LogP contribution in [0.1, 0.15) is 22.4 Å². The van der Waals surface area contributed by atoms with Crippen molar-refractivity contribution in [2.24, 2.45) is 10.9 Å². The average molecular weight is 288 g/mol. The highest BCUT2D eigenvalue weighted by Gasteiger charge is 2.16. The van der Waals surface area contributed by atoms with Crippen molar-refractivity contribution < 1.29 is 5.21 Å². The zero-order valence-electron chi connectivity index (χ0n) is 11.6. The summed E-state index contributed by atoms with van der Waals surface area (Å²) in [5, 5.41) is 21.0. The Hall–Kier alpha value is -2.08. The van der Waals surface area contributed by atoms with Crippen molar-refractivity contribution in [3.8, 4) is 0 Å². The molecule has 0 aliphatic rings. The number of aromatic nitrogens is 2. The maximum absolute atomic E-state index is 8.94. The van der Waals surface area contributed by atoms with Gasteiger partial charge >= 0.3 is 0 Å². The van der Waals surface area contributed by atoms with Crippen LogP contribution in [0.25, 0.3) is 0 Å². The first-order chi connectivity index (χ1) is 9.52. The van der Waals surface area contributed by atoms with Gasteiger partial charge in [0.15, 0.2) is 5.84 Å². The minimum atomic E-state index is 0.0515. The lowest BCUT2D eigenvalue weighted by Crippen LogP contribution is -2.18. The standard InChI is InChI=1S/C14H16N4OS/c1-8-5-4-6-11(7-8)20-14-12(13(15)18-19)9(2)10(3)16-17-14/h4-7,19H,1-3H3,(H2,15,18). The van der Waals surface area contributed by atoms with Crippen molar-refractivity contribution in [1.82, 2.24) is 10.2 Å². The van der Waals surface area contributed by atoms with Gasteiger partial charge in [-0.3, -0.25) is 0 Å². The number of oxime groups is 1. The molecule has 6 heteroatoms. The van der Waals surface area contributed by atoms with E-state index >= 15 is 0 Å². The maximum Gasteiger partial charge on any atom is 0.173 e. The third-order valence-electron chi connectivity index (χ3n) is 2.99. The summed E-state index contributed by atoms with van der Waals surface area (Å²) in [7, 11) is 0. The highest BCUT2D eigenvalue weighted by atomic mass is 32.2. The topological polar surface area (TPSA) is 84.4 Å². The Morgan fingerprint density at radius 3 is 2.65 bits per heavy atom. The first-order valence-corrected chi connectivity index (χ1v) is 6.91. The number of rotatable bonds is 3. The molecule has 20 heavy (non-hydrogen) atoms. The molecule has 2 aromatic rings. The third-order valence-corrected chi connectivity index (χ3v) is 3.96. The summed E-state index contributed by atoms with van der Waals surface area (Å²) in [5.41, 5.74) is 9.19. The molecule has 0 fully saturated rings. The van der Waals surface area contributed by atoms with E-state index in [1.165, 1.54) is 11.8 Å². The molecule has 0 aliphatic heterocycles. The van der Waals surface area contributed by atoms with Gasteiger partial charge in [0.05, 0.1) is 11.3 Å². The lowest BCUT2D eigenvalue weighted by Gasteiger charge is -2.11. The molecular weight excluding hydrogens is 272 g/mol. The van der Waals surface area contributed by atoms with Crippen LogP contribution in [0, 0.1) is 20.8 Å². The summed E-state index contributed by atoms with van der Waals surface area (Å²) in [4.78, 5) is 1.04. The van der Waals surface area contributed by atoms with Crippen molar-refractivity contribution in [2.75, 3.05) is 0 Å². The number of benzene rings is 1. The van der Waals surface area contributed by atoms with Gasteiger partial charge in [-0.2, -0.15) is 5.10 Å². The minimum absolute atomic E-state index is 0.0515. The van der Waals surface area contributed by atoms with Crippen molar-refractivity contribution in [3.63, 3.8) is 0 Å². The maximum atomic E-state index is 8.94. The molecule has 1 aromatic heterocycles. The smallest absolute Gasteiger partial charge is 0.173 e. The Bertz CT molecular complexity index is 670. The van der Waals surface area contributed by atoms with Crippen LogP contribution < -0.4 is 5.73 Å². The van der Waals surface area contributed by atoms with Gasteiger partial charge in [0.2, 0.25) is 0 Å². The lowest BCUT2D eigenvalue weighted by atomic mass is 10.1. The molecule has 0 atom stereocenters. The second-order valence-electron chi connectivity index (χ2n) is 4.49. The van der Waals surface area contributed by atoms with Gasteiger partial charge in [0, 0.05) is 4.90 Å². The molecule has 104 valence electrons. The van der Waals surface area contributed by atoms with Crippen LogP contribution in [0.4, 0.5) is 0 Å². The molecule has 5 nitrogen and oxygen atoms in total. The van der Waals surface area contributed by atoms with E-state index in [1.54, 1.807) is 0 Å². The van der Waals surface area contributed by atoms with Crippen molar-refractivity contribution >= 4 is 17.6 Å². The van der Waals surface area contributed by atoms with E-state index in [4.69, 9.17) is 10.9 Å². The van der Waals surface area contributed by atoms with Crippen LogP contribution in [0.5, 0.6) is 0 Å². The summed E-state index contributed by atoms with van der Waals surface area (Å²) in [6, 6.07) is 8.05. The second kappa shape index (κ2) is 5.92. The van der Waals surface area contributed by atoms with Gasteiger partial charge in [0.1, 0.15) is 5.03 Å². The Kier molecular flexibility index (Phi) is 4.24. The predicted molar refractivity (Wildman–Crippen MR) is 79.3 cm³/mol. The molecule has 3 N–H and O–H groups in total. The van der Waals surface area contributed by atoms with E-state index in [0.29, 0.717) is 10.6 Å². The molecule has 0 saturated heterocycles. The highest BCUT2D eigenvalue weighted by molar-refractivity contribution is 7.99. The number of nitrogens with two attached hydrogens (primary N) is 1. The zero-order chi connectivity index (χ0) is 14.7. The van der Waals surface area contributed by atoms with Gasteiger partial charge in [-0.05, 0) is 38.5 Å². The van der Waals surface area contributed by atoms with E-state index in [0.717, 1.165) is 21.7 Å². The van der Waals surface area contributed by atoms with E-state index in [9.17, 15) is 0 Å². The molecule has 0 spiro atoms. The number of hydrogen-bond donors (Lipinski definition) is 2. The van der Waals surface area contributed by atoms with Gasteiger partial charge in [-0.1, -0.05) is 34.6 Å². The summed E-state index contributed by atoms with van der Waals surface area (Å²) >= 11 is 1.45. The minimum Gasteiger partial charge on any atom is -0.409 e. The van der Waals surface area contributed by atoms with Gasteiger partial charge < -0.3 is 10.9 Å². The monoisotopic (exact) mass is 288 g/mol. The first kappa shape index (κ1) is 14.3. The van der Waals surface area contributed by atoms with Crippen LogP contribution in [-0.2, 0) is 0 Å². The lowest BCUT2D eigenvalue weighted by molar-refractivity contribution is 0.318. The fourth-order valence-electron chi connectivity index (χ4n) is 1.80. The predicted octanol–water partition coefficient (Wildman–Crippen LogP) is 2.65. The number of hydrogen-bond acceptors (Lipinski definition) is 5. The average Bonchev–Trinajstić information content (AvgIpc) is 2.42. The number of nitrogens with zero attached hydrogens (tertiary/aromatic N) is 3.